The van der Waals surface area contributed by atoms with Crippen molar-refractivity contribution in [3.05, 3.63) is 176 Å². The fraction of sp³-hybridized carbons (Fsp3) is 0.220. The Hall–Kier alpha value is -7.89. The van der Waals surface area contributed by atoms with Crippen LogP contribution in [0.1, 0.15) is 67.8 Å². The topological polar surface area (TPSA) is 143 Å². The molecule has 3 aliphatic rings. The van der Waals surface area contributed by atoms with Crippen LogP contribution >= 0.6 is 0 Å². The number of alkyl halides is 6. The molecule has 0 spiro atoms. The highest BCUT2D eigenvalue weighted by molar-refractivity contribution is 5.76. The number of rotatable bonds is 6. The van der Waals surface area contributed by atoms with E-state index in [0.29, 0.717) is 39.2 Å². The van der Waals surface area contributed by atoms with E-state index in [1.54, 1.807) is 52.0 Å². The Kier molecular flexibility index (Phi) is 11.3. The van der Waals surface area contributed by atoms with Crippen LogP contribution in [-0.2, 0) is 12.4 Å². The van der Waals surface area contributed by atoms with Gasteiger partial charge in [0, 0.05) is 53.4 Å². The summed E-state index contributed by atoms with van der Waals surface area (Å²) in [6, 6.07) is 29.8. The highest BCUT2D eigenvalue weighted by Crippen LogP contribution is 2.38. The summed E-state index contributed by atoms with van der Waals surface area (Å²) in [5, 5.41) is 0. The summed E-state index contributed by atoms with van der Waals surface area (Å²) in [6.07, 6.45) is 1.60. The minimum Gasteiger partial charge on any atom is -0.286 e. The number of halogens is 6. The molecule has 0 aliphatic heterocycles. The Morgan fingerprint density at radius 2 is 0.765 bits per heavy atom. The average Bonchev–Trinajstić information content (AvgIpc) is 4.17. The lowest BCUT2D eigenvalue weighted by molar-refractivity contribution is -0.138. The summed E-state index contributed by atoms with van der Waals surface area (Å²) < 4.78 is 81.9. The molecule has 0 amide bonds. The number of hydrogen-bond donors (Lipinski definition) is 0. The number of nitrogens with zero attached hydrogens (tertiary/aromatic N) is 9. The molecule has 342 valence electrons. The van der Waals surface area contributed by atoms with E-state index in [-0.39, 0.29) is 46.2 Å². The largest absolute Gasteiger partial charge is 0.416 e. The molecule has 0 atom stereocenters. The Balaban J connectivity index is 0.000000119. The molecule has 0 unspecified atom stereocenters. The van der Waals surface area contributed by atoms with Crippen LogP contribution in [0.15, 0.2) is 148 Å². The summed E-state index contributed by atoms with van der Waals surface area (Å²) in [4.78, 5) is 64.2. The van der Waals surface area contributed by atoms with Gasteiger partial charge in [-0.2, -0.15) is 26.3 Å². The second-order valence-corrected chi connectivity index (χ2v) is 16.7. The molecule has 0 bridgehead atoms. The van der Waals surface area contributed by atoms with Gasteiger partial charge in [-0.05, 0) is 99.2 Å². The van der Waals surface area contributed by atoms with Crippen molar-refractivity contribution < 1.29 is 26.3 Å². The third-order valence-electron chi connectivity index (χ3n) is 11.7. The molecule has 3 aliphatic carbocycles. The van der Waals surface area contributed by atoms with E-state index in [1.165, 1.54) is 24.3 Å². The molecule has 0 saturated heterocycles. The van der Waals surface area contributed by atoms with Gasteiger partial charge >= 0.3 is 12.4 Å². The zero-order chi connectivity index (χ0) is 47.3. The van der Waals surface area contributed by atoms with Crippen LogP contribution in [0.5, 0.6) is 0 Å². The van der Waals surface area contributed by atoms with Crippen LogP contribution in [-0.4, -0.2) is 43.6 Å². The van der Waals surface area contributed by atoms with E-state index in [4.69, 9.17) is 0 Å². The first kappa shape index (κ1) is 44.0. The van der Waals surface area contributed by atoms with E-state index in [1.807, 2.05) is 47.0 Å². The Labute approximate surface area is 381 Å². The first-order valence-electron chi connectivity index (χ1n) is 21.8. The first-order chi connectivity index (χ1) is 32.7. The molecular weight excluding hydrogens is 889 g/mol. The van der Waals surface area contributed by atoms with Gasteiger partial charge in [-0.3, -0.25) is 28.1 Å². The second kappa shape index (κ2) is 17.4. The fourth-order valence-corrected chi connectivity index (χ4v) is 7.95. The minimum atomic E-state index is -4.47. The van der Waals surface area contributed by atoms with Crippen molar-refractivity contribution >= 4 is 33.5 Å². The first-order valence-corrected chi connectivity index (χ1v) is 21.8. The monoisotopic (exact) mass is 925 g/mol. The van der Waals surface area contributed by atoms with Crippen LogP contribution in [0.4, 0.5) is 26.3 Å². The molecule has 9 aromatic rings. The Morgan fingerprint density at radius 3 is 1.15 bits per heavy atom. The van der Waals surface area contributed by atoms with E-state index in [0.717, 1.165) is 73.9 Å². The third-order valence-corrected chi connectivity index (χ3v) is 11.7. The van der Waals surface area contributed by atoms with Gasteiger partial charge < -0.3 is 0 Å². The van der Waals surface area contributed by atoms with Gasteiger partial charge in [0.15, 0.2) is 16.9 Å². The average molecular weight is 926 g/mol. The van der Waals surface area contributed by atoms with Crippen LogP contribution in [0.3, 0.4) is 0 Å². The summed E-state index contributed by atoms with van der Waals surface area (Å²) >= 11 is 0. The van der Waals surface area contributed by atoms with Gasteiger partial charge in [-0.25, -0.2) is 29.9 Å². The number of benzene rings is 3. The van der Waals surface area contributed by atoms with Gasteiger partial charge in [0.1, 0.15) is 33.6 Å². The maximum Gasteiger partial charge on any atom is 0.416 e. The lowest BCUT2D eigenvalue weighted by Crippen LogP contribution is -2.23. The number of aromatic nitrogens is 9. The normalized spacial score (nSPS) is 14.9. The van der Waals surface area contributed by atoms with E-state index in [9.17, 15) is 40.7 Å². The van der Waals surface area contributed by atoms with Gasteiger partial charge in [0.05, 0.1) is 11.1 Å². The highest BCUT2D eigenvalue weighted by atomic mass is 19.4. The molecule has 0 N–H and O–H groups in total. The molecular formula is C50H37F6N9O3. The number of hydrogen-bond acceptors (Lipinski definition) is 9. The summed E-state index contributed by atoms with van der Waals surface area (Å²) in [5.41, 5.74) is 3.27. The minimum absolute atomic E-state index is 0.0218. The number of pyridine rings is 3. The molecule has 18 heteroatoms. The zero-order valence-electron chi connectivity index (χ0n) is 35.7. The Morgan fingerprint density at radius 1 is 0.397 bits per heavy atom. The van der Waals surface area contributed by atoms with E-state index < -0.39 is 29.0 Å². The maximum absolute atomic E-state index is 12.9. The molecule has 68 heavy (non-hydrogen) atoms. The predicted molar refractivity (Wildman–Crippen MR) is 243 cm³/mol. The Bertz CT molecular complexity index is 3550. The van der Waals surface area contributed by atoms with Crippen molar-refractivity contribution in [2.75, 3.05) is 0 Å². The highest BCUT2D eigenvalue weighted by Gasteiger charge is 2.34. The second-order valence-electron chi connectivity index (χ2n) is 16.7. The smallest absolute Gasteiger partial charge is 0.286 e. The van der Waals surface area contributed by atoms with Crippen molar-refractivity contribution in [1.82, 2.24) is 43.6 Å². The molecule has 3 aromatic carbocycles. The fourth-order valence-electron chi connectivity index (χ4n) is 7.95. The van der Waals surface area contributed by atoms with Crippen molar-refractivity contribution in [3.63, 3.8) is 0 Å². The molecule has 3 fully saturated rings. The standard InChI is InChI=1S/2C17H12F3N3O.C16H13N3O/c18-17(19,20)11-4-1-3-10(9-11)14-16(24)23(12-6-7-12)15-13(22-14)5-2-8-21-15;18-17(19,20)11-5-3-10(4-6-11)14-16(24)23(12-7-8-12)15-13(22-14)2-1-9-21-15;20-16-14(11-5-2-1-3-6-11)18-13-7-4-10-17-15(13)19(16)12-8-9-12/h1-5,8-9,12H,6-7H2;1-6,9,12H,7-8H2;1-7,10,12H,8-9H2. The lowest BCUT2D eigenvalue weighted by atomic mass is 10.1. The summed E-state index contributed by atoms with van der Waals surface area (Å²) in [6.45, 7) is 0. The molecule has 6 aromatic heterocycles. The van der Waals surface area contributed by atoms with E-state index in [2.05, 4.69) is 29.9 Å². The molecule has 12 rings (SSSR count). The predicted octanol–water partition coefficient (Wildman–Crippen LogP) is 10.4. The van der Waals surface area contributed by atoms with Crippen LogP contribution in [0, 0.1) is 0 Å². The lowest BCUT2D eigenvalue weighted by Gasteiger charge is -2.12. The van der Waals surface area contributed by atoms with Crippen molar-refractivity contribution in [3.8, 4) is 33.8 Å². The van der Waals surface area contributed by atoms with Crippen LogP contribution < -0.4 is 16.7 Å². The van der Waals surface area contributed by atoms with Gasteiger partial charge in [-0.15, -0.1) is 0 Å². The quantitative estimate of drug-likeness (QED) is 0.149. The number of fused-ring (bicyclic) bond motifs is 3. The van der Waals surface area contributed by atoms with Crippen molar-refractivity contribution in [1.29, 1.82) is 0 Å². The van der Waals surface area contributed by atoms with Gasteiger partial charge in [-0.1, -0.05) is 54.6 Å². The summed E-state index contributed by atoms with van der Waals surface area (Å²) in [7, 11) is 0. The molecule has 3 saturated carbocycles. The van der Waals surface area contributed by atoms with Crippen LogP contribution in [0.25, 0.3) is 67.3 Å². The SMILES string of the molecule is O=c1c(-c2ccc(C(F)(F)F)cc2)nc2cccnc2n1C1CC1.O=c1c(-c2cccc(C(F)(F)F)c2)nc2cccnc2n1C1CC1.O=c1c(-c2ccccc2)nc2cccnc2n1C1CC1. The molecule has 0 radical (unpaired) electrons. The van der Waals surface area contributed by atoms with E-state index >= 15 is 0 Å². The zero-order valence-corrected chi connectivity index (χ0v) is 35.7. The van der Waals surface area contributed by atoms with Crippen molar-refractivity contribution in [2.24, 2.45) is 0 Å². The molecule has 6 heterocycles. The van der Waals surface area contributed by atoms with Gasteiger partial charge in [0.25, 0.3) is 16.7 Å². The molecule has 12 nitrogen and oxygen atoms in total. The van der Waals surface area contributed by atoms with Crippen LogP contribution in [0.2, 0.25) is 0 Å². The third kappa shape index (κ3) is 8.88. The maximum atomic E-state index is 12.9. The van der Waals surface area contributed by atoms with Gasteiger partial charge in [0.2, 0.25) is 0 Å². The summed E-state index contributed by atoms with van der Waals surface area (Å²) in [5.74, 6) is 0. The van der Waals surface area contributed by atoms with Crippen molar-refractivity contribution in [2.45, 2.75) is 69.0 Å².